The van der Waals surface area contributed by atoms with E-state index in [9.17, 15) is 9.59 Å². The van der Waals surface area contributed by atoms with Crippen LogP contribution in [0.15, 0.2) is 18.2 Å². The number of fused-ring (bicyclic) bond motifs is 1. The Labute approximate surface area is 168 Å². The van der Waals surface area contributed by atoms with Crippen molar-refractivity contribution in [2.75, 3.05) is 36.0 Å². The van der Waals surface area contributed by atoms with E-state index in [1.54, 1.807) is 11.8 Å². The number of anilines is 2. The minimum atomic E-state index is -0.469. The fourth-order valence-electron chi connectivity index (χ4n) is 4.09. The summed E-state index contributed by atoms with van der Waals surface area (Å²) >= 11 is 0. The van der Waals surface area contributed by atoms with Crippen LogP contribution in [0.3, 0.4) is 0 Å². The quantitative estimate of drug-likeness (QED) is 0.738. The highest BCUT2D eigenvalue weighted by Gasteiger charge is 2.32. The Kier molecular flexibility index (Phi) is 5.60. The summed E-state index contributed by atoms with van der Waals surface area (Å²) in [5.74, 6) is 0.523. The molecule has 2 amide bonds. The SMILES string of the molecule is CC(=O)N1c2ccc(N3CCN(C(=O)OC(C)(C)C)CC3)cc2CC(C)[C@@H]1C. The Hall–Kier alpha value is -2.24. The molecule has 28 heavy (non-hydrogen) atoms. The van der Waals surface area contributed by atoms with E-state index in [0.717, 1.165) is 30.9 Å². The number of carbonyl (C=O) groups excluding carboxylic acids is 2. The number of ether oxygens (including phenoxy) is 1. The Balaban J connectivity index is 1.71. The van der Waals surface area contributed by atoms with Gasteiger partial charge in [-0.3, -0.25) is 4.79 Å². The summed E-state index contributed by atoms with van der Waals surface area (Å²) in [7, 11) is 0. The molecule has 2 heterocycles. The molecule has 0 bridgehead atoms. The molecule has 1 fully saturated rings. The largest absolute Gasteiger partial charge is 0.444 e. The van der Waals surface area contributed by atoms with Crippen molar-refractivity contribution in [3.05, 3.63) is 23.8 Å². The molecule has 0 spiro atoms. The average Bonchev–Trinajstić information content (AvgIpc) is 2.60. The van der Waals surface area contributed by atoms with Crippen molar-refractivity contribution in [1.29, 1.82) is 0 Å². The van der Waals surface area contributed by atoms with Gasteiger partial charge in [0.15, 0.2) is 0 Å². The number of hydrogen-bond acceptors (Lipinski definition) is 4. The second-order valence-electron chi connectivity index (χ2n) is 9.08. The molecular weight excluding hydrogens is 354 g/mol. The van der Waals surface area contributed by atoms with Gasteiger partial charge in [0, 0.05) is 50.5 Å². The lowest BCUT2D eigenvalue weighted by atomic mass is 9.87. The Morgan fingerprint density at radius 3 is 2.29 bits per heavy atom. The van der Waals surface area contributed by atoms with Crippen molar-refractivity contribution in [2.24, 2.45) is 5.92 Å². The third kappa shape index (κ3) is 4.26. The molecule has 1 unspecified atom stereocenters. The number of benzene rings is 1. The van der Waals surface area contributed by atoms with E-state index in [4.69, 9.17) is 4.74 Å². The summed E-state index contributed by atoms with van der Waals surface area (Å²) in [5, 5.41) is 0. The van der Waals surface area contributed by atoms with E-state index in [-0.39, 0.29) is 18.0 Å². The van der Waals surface area contributed by atoms with Crippen LogP contribution in [0.5, 0.6) is 0 Å². The lowest BCUT2D eigenvalue weighted by Gasteiger charge is -2.40. The third-order valence-corrected chi connectivity index (χ3v) is 5.73. The van der Waals surface area contributed by atoms with Gasteiger partial charge >= 0.3 is 6.09 Å². The molecule has 154 valence electrons. The maximum absolute atomic E-state index is 12.3. The van der Waals surface area contributed by atoms with Crippen LogP contribution in [-0.4, -0.2) is 54.7 Å². The van der Waals surface area contributed by atoms with E-state index >= 15 is 0 Å². The van der Waals surface area contributed by atoms with Gasteiger partial charge in [0.25, 0.3) is 0 Å². The molecule has 2 aliphatic rings. The van der Waals surface area contributed by atoms with Gasteiger partial charge < -0.3 is 19.4 Å². The summed E-state index contributed by atoms with van der Waals surface area (Å²) in [5.41, 5.74) is 2.96. The number of hydrogen-bond donors (Lipinski definition) is 0. The van der Waals surface area contributed by atoms with Crippen molar-refractivity contribution >= 4 is 23.4 Å². The first-order chi connectivity index (χ1) is 13.1. The minimum absolute atomic E-state index is 0.0963. The lowest BCUT2D eigenvalue weighted by molar-refractivity contribution is -0.117. The van der Waals surface area contributed by atoms with Crippen molar-refractivity contribution in [3.8, 4) is 0 Å². The second kappa shape index (κ2) is 7.64. The van der Waals surface area contributed by atoms with Crippen LogP contribution in [0.25, 0.3) is 0 Å². The van der Waals surface area contributed by atoms with Gasteiger partial charge in [-0.05, 0) is 63.8 Å². The number of carbonyl (C=O) groups is 2. The maximum atomic E-state index is 12.3. The van der Waals surface area contributed by atoms with Gasteiger partial charge in [0.1, 0.15) is 5.60 Å². The number of rotatable bonds is 1. The summed E-state index contributed by atoms with van der Waals surface area (Å²) in [6.45, 7) is 14.5. The van der Waals surface area contributed by atoms with E-state index in [1.165, 1.54) is 5.56 Å². The molecule has 1 aromatic rings. The lowest BCUT2D eigenvalue weighted by Crippen LogP contribution is -2.50. The van der Waals surface area contributed by atoms with Crippen LogP contribution in [0.1, 0.15) is 47.1 Å². The molecule has 6 nitrogen and oxygen atoms in total. The minimum Gasteiger partial charge on any atom is -0.444 e. The first-order valence-electron chi connectivity index (χ1n) is 10.2. The molecule has 0 saturated carbocycles. The molecule has 0 aromatic heterocycles. The molecule has 1 saturated heterocycles. The number of piperazine rings is 1. The van der Waals surface area contributed by atoms with Crippen LogP contribution in [0.4, 0.5) is 16.2 Å². The fourth-order valence-corrected chi connectivity index (χ4v) is 4.09. The van der Waals surface area contributed by atoms with E-state index in [1.807, 2.05) is 25.7 Å². The maximum Gasteiger partial charge on any atom is 0.410 e. The third-order valence-electron chi connectivity index (χ3n) is 5.73. The first-order valence-corrected chi connectivity index (χ1v) is 10.2. The monoisotopic (exact) mass is 387 g/mol. The highest BCUT2D eigenvalue weighted by atomic mass is 16.6. The van der Waals surface area contributed by atoms with Gasteiger partial charge in [0.05, 0.1) is 0 Å². The van der Waals surface area contributed by atoms with Crippen LogP contribution < -0.4 is 9.80 Å². The molecule has 6 heteroatoms. The fraction of sp³-hybridized carbons (Fsp3) is 0.636. The zero-order valence-corrected chi connectivity index (χ0v) is 18.0. The summed E-state index contributed by atoms with van der Waals surface area (Å²) in [6.07, 6.45) is 0.740. The molecule has 2 aliphatic heterocycles. The van der Waals surface area contributed by atoms with E-state index in [2.05, 4.69) is 36.9 Å². The Bertz CT molecular complexity index is 748. The molecule has 3 rings (SSSR count). The molecule has 0 radical (unpaired) electrons. The van der Waals surface area contributed by atoms with Gasteiger partial charge in [-0.1, -0.05) is 6.92 Å². The molecule has 1 aromatic carbocycles. The van der Waals surface area contributed by atoms with Crippen molar-refractivity contribution in [2.45, 2.75) is 59.6 Å². The predicted molar refractivity (Wildman–Crippen MR) is 112 cm³/mol. The van der Waals surface area contributed by atoms with Crippen molar-refractivity contribution in [3.63, 3.8) is 0 Å². The molecular formula is C22H33N3O3. The van der Waals surface area contributed by atoms with Crippen LogP contribution >= 0.6 is 0 Å². The summed E-state index contributed by atoms with van der Waals surface area (Å²) in [4.78, 5) is 30.4. The topological polar surface area (TPSA) is 53.1 Å². The number of amides is 2. The average molecular weight is 388 g/mol. The van der Waals surface area contributed by atoms with Gasteiger partial charge in [-0.15, -0.1) is 0 Å². The standard InChI is InChI=1S/C22H33N3O3/c1-15-13-18-14-19(7-8-20(18)25(16(15)2)17(3)26)23-9-11-24(12-10-23)21(27)28-22(4,5)6/h7-8,14-16H,9-13H2,1-6H3/t15?,16-/m0/s1. The van der Waals surface area contributed by atoms with Crippen molar-refractivity contribution < 1.29 is 14.3 Å². The zero-order chi connectivity index (χ0) is 20.6. The van der Waals surface area contributed by atoms with Crippen LogP contribution in [0.2, 0.25) is 0 Å². The highest BCUT2D eigenvalue weighted by molar-refractivity contribution is 5.94. The zero-order valence-electron chi connectivity index (χ0n) is 18.0. The molecule has 2 atom stereocenters. The Morgan fingerprint density at radius 2 is 1.71 bits per heavy atom. The smallest absolute Gasteiger partial charge is 0.410 e. The predicted octanol–water partition coefficient (Wildman–Crippen LogP) is 3.68. The first kappa shape index (κ1) is 20.5. The normalized spacial score (nSPS) is 22.7. The summed E-state index contributed by atoms with van der Waals surface area (Å²) < 4.78 is 5.48. The van der Waals surface area contributed by atoms with Gasteiger partial charge in [-0.2, -0.15) is 0 Å². The highest BCUT2D eigenvalue weighted by Crippen LogP contribution is 2.36. The molecule has 0 aliphatic carbocycles. The van der Waals surface area contributed by atoms with Gasteiger partial charge in [0.2, 0.25) is 5.91 Å². The van der Waals surface area contributed by atoms with Crippen molar-refractivity contribution in [1.82, 2.24) is 4.90 Å². The summed E-state index contributed by atoms with van der Waals surface area (Å²) in [6, 6.07) is 6.61. The molecule has 0 N–H and O–H groups in total. The van der Waals surface area contributed by atoms with Crippen LogP contribution in [-0.2, 0) is 16.0 Å². The Morgan fingerprint density at radius 1 is 1.07 bits per heavy atom. The van der Waals surface area contributed by atoms with E-state index in [0.29, 0.717) is 19.0 Å². The van der Waals surface area contributed by atoms with Crippen LogP contribution in [0, 0.1) is 5.92 Å². The second-order valence-corrected chi connectivity index (χ2v) is 9.08. The van der Waals surface area contributed by atoms with Gasteiger partial charge in [-0.25, -0.2) is 4.79 Å². The van der Waals surface area contributed by atoms with E-state index < -0.39 is 5.60 Å². The number of nitrogens with zero attached hydrogens (tertiary/aromatic N) is 3.